The van der Waals surface area contributed by atoms with Crippen LogP contribution in [0, 0.1) is 10.1 Å². The summed E-state index contributed by atoms with van der Waals surface area (Å²) in [6.07, 6.45) is 1.98. The second kappa shape index (κ2) is 8.47. The molecule has 7 heteroatoms. The lowest BCUT2D eigenvalue weighted by molar-refractivity contribution is -0.385. The molecule has 1 heterocycles. The molecule has 7 nitrogen and oxygen atoms in total. The van der Waals surface area contributed by atoms with Crippen molar-refractivity contribution in [3.8, 4) is 22.8 Å². The number of hydrogen-bond acceptors (Lipinski definition) is 6. The van der Waals surface area contributed by atoms with Crippen LogP contribution in [0.5, 0.6) is 11.5 Å². The van der Waals surface area contributed by atoms with Crippen molar-refractivity contribution in [2.24, 2.45) is 0 Å². The van der Waals surface area contributed by atoms with Crippen molar-refractivity contribution >= 4 is 5.69 Å². The standard InChI is InChI=1S/C21H21N3O4/c1-14(2)28-20-7-5-4-6-17(20)18-12-16(22-13-23-18)10-15-8-9-21(27-3)19(11-15)24(25)26/h4-9,11-14H,10H2,1-3H3. The summed E-state index contributed by atoms with van der Waals surface area (Å²) in [6, 6.07) is 14.5. The van der Waals surface area contributed by atoms with E-state index in [9.17, 15) is 10.1 Å². The molecule has 1 aromatic heterocycles. The second-order valence-corrected chi connectivity index (χ2v) is 6.50. The van der Waals surface area contributed by atoms with E-state index < -0.39 is 4.92 Å². The Labute approximate surface area is 163 Å². The average Bonchev–Trinajstić information content (AvgIpc) is 2.68. The van der Waals surface area contributed by atoms with Crippen molar-refractivity contribution in [3.63, 3.8) is 0 Å². The smallest absolute Gasteiger partial charge is 0.311 e. The minimum Gasteiger partial charge on any atom is -0.490 e. The fourth-order valence-corrected chi connectivity index (χ4v) is 2.87. The predicted octanol–water partition coefficient (Wildman–Crippen LogP) is 4.44. The zero-order chi connectivity index (χ0) is 20.1. The van der Waals surface area contributed by atoms with E-state index >= 15 is 0 Å². The summed E-state index contributed by atoms with van der Waals surface area (Å²) < 4.78 is 10.9. The predicted molar refractivity (Wildman–Crippen MR) is 106 cm³/mol. The Morgan fingerprint density at radius 3 is 2.57 bits per heavy atom. The molecular weight excluding hydrogens is 358 g/mol. The average molecular weight is 379 g/mol. The van der Waals surface area contributed by atoms with E-state index in [4.69, 9.17) is 9.47 Å². The molecule has 3 rings (SSSR count). The number of rotatable bonds is 7. The van der Waals surface area contributed by atoms with Gasteiger partial charge in [-0.2, -0.15) is 0 Å². The van der Waals surface area contributed by atoms with Gasteiger partial charge in [-0.25, -0.2) is 9.97 Å². The van der Waals surface area contributed by atoms with Gasteiger partial charge < -0.3 is 9.47 Å². The Bertz CT molecular complexity index is 989. The lowest BCUT2D eigenvalue weighted by Crippen LogP contribution is -2.06. The van der Waals surface area contributed by atoms with Gasteiger partial charge in [0.15, 0.2) is 5.75 Å². The number of para-hydroxylation sites is 1. The van der Waals surface area contributed by atoms with Crippen molar-refractivity contribution in [2.75, 3.05) is 7.11 Å². The molecule has 0 saturated heterocycles. The Morgan fingerprint density at radius 1 is 1.07 bits per heavy atom. The van der Waals surface area contributed by atoms with E-state index in [1.807, 2.05) is 44.2 Å². The molecule has 0 amide bonds. The molecular formula is C21H21N3O4. The molecule has 0 aliphatic heterocycles. The van der Waals surface area contributed by atoms with Crippen molar-refractivity contribution in [3.05, 3.63) is 76.2 Å². The minimum atomic E-state index is -0.451. The lowest BCUT2D eigenvalue weighted by atomic mass is 10.1. The van der Waals surface area contributed by atoms with Gasteiger partial charge in [-0.15, -0.1) is 0 Å². The van der Waals surface area contributed by atoms with Gasteiger partial charge in [0.05, 0.1) is 23.8 Å². The van der Waals surface area contributed by atoms with Gasteiger partial charge >= 0.3 is 5.69 Å². The molecule has 0 saturated carbocycles. The molecule has 0 aliphatic rings. The number of nitro benzene ring substituents is 1. The highest BCUT2D eigenvalue weighted by Crippen LogP contribution is 2.31. The maximum absolute atomic E-state index is 11.2. The van der Waals surface area contributed by atoms with Crippen LogP contribution in [0.1, 0.15) is 25.1 Å². The molecule has 0 bridgehead atoms. The van der Waals surface area contributed by atoms with Crippen LogP contribution in [-0.2, 0) is 6.42 Å². The highest BCUT2D eigenvalue weighted by atomic mass is 16.6. The summed E-state index contributed by atoms with van der Waals surface area (Å²) in [7, 11) is 1.41. The summed E-state index contributed by atoms with van der Waals surface area (Å²) in [6.45, 7) is 3.94. The number of methoxy groups -OCH3 is 1. The van der Waals surface area contributed by atoms with Gasteiger partial charge in [0, 0.05) is 23.7 Å². The molecule has 0 fully saturated rings. The first-order valence-electron chi connectivity index (χ1n) is 8.86. The monoisotopic (exact) mass is 379 g/mol. The van der Waals surface area contributed by atoms with Crippen molar-refractivity contribution < 1.29 is 14.4 Å². The minimum absolute atomic E-state index is 0.0438. The van der Waals surface area contributed by atoms with E-state index in [-0.39, 0.29) is 17.5 Å². The molecule has 0 atom stereocenters. The zero-order valence-electron chi connectivity index (χ0n) is 16.0. The number of nitro groups is 1. The summed E-state index contributed by atoms with van der Waals surface area (Å²) in [5.41, 5.74) is 3.07. The summed E-state index contributed by atoms with van der Waals surface area (Å²) in [4.78, 5) is 19.5. The number of hydrogen-bond donors (Lipinski definition) is 0. The van der Waals surface area contributed by atoms with Gasteiger partial charge in [-0.05, 0) is 43.7 Å². The molecule has 0 spiro atoms. The van der Waals surface area contributed by atoms with Crippen LogP contribution in [-0.4, -0.2) is 28.1 Å². The fraction of sp³-hybridized carbons (Fsp3) is 0.238. The van der Waals surface area contributed by atoms with E-state index in [2.05, 4.69) is 9.97 Å². The normalized spacial score (nSPS) is 10.7. The first-order chi connectivity index (χ1) is 13.5. The summed E-state index contributed by atoms with van der Waals surface area (Å²) in [5, 5.41) is 11.2. The van der Waals surface area contributed by atoms with Gasteiger partial charge in [0.2, 0.25) is 0 Å². The van der Waals surface area contributed by atoms with Crippen LogP contribution in [0.4, 0.5) is 5.69 Å². The van der Waals surface area contributed by atoms with Crippen LogP contribution in [0.15, 0.2) is 54.9 Å². The van der Waals surface area contributed by atoms with E-state index in [0.717, 1.165) is 28.3 Å². The quantitative estimate of drug-likeness (QED) is 0.445. The lowest BCUT2D eigenvalue weighted by Gasteiger charge is -2.14. The molecule has 0 radical (unpaired) electrons. The number of ether oxygens (including phenoxy) is 2. The molecule has 0 aliphatic carbocycles. The third-order valence-corrected chi connectivity index (χ3v) is 4.07. The molecule has 28 heavy (non-hydrogen) atoms. The first-order valence-corrected chi connectivity index (χ1v) is 8.86. The van der Waals surface area contributed by atoms with Gasteiger partial charge in [-0.3, -0.25) is 10.1 Å². The fourth-order valence-electron chi connectivity index (χ4n) is 2.87. The number of aromatic nitrogens is 2. The maximum Gasteiger partial charge on any atom is 0.311 e. The highest BCUT2D eigenvalue weighted by Gasteiger charge is 2.16. The Hall–Kier alpha value is -3.48. The first kappa shape index (κ1) is 19.3. The largest absolute Gasteiger partial charge is 0.490 e. The van der Waals surface area contributed by atoms with E-state index in [1.54, 1.807) is 12.1 Å². The van der Waals surface area contributed by atoms with Crippen molar-refractivity contribution in [1.29, 1.82) is 0 Å². The Kier molecular flexibility index (Phi) is 5.84. The van der Waals surface area contributed by atoms with Crippen molar-refractivity contribution in [1.82, 2.24) is 9.97 Å². The topological polar surface area (TPSA) is 87.4 Å². The number of nitrogens with zero attached hydrogens (tertiary/aromatic N) is 3. The Morgan fingerprint density at radius 2 is 1.86 bits per heavy atom. The zero-order valence-corrected chi connectivity index (χ0v) is 16.0. The van der Waals surface area contributed by atoms with Crippen LogP contribution in [0.3, 0.4) is 0 Å². The van der Waals surface area contributed by atoms with Gasteiger partial charge in [0.25, 0.3) is 0 Å². The van der Waals surface area contributed by atoms with Crippen LogP contribution in [0.2, 0.25) is 0 Å². The second-order valence-electron chi connectivity index (χ2n) is 6.50. The van der Waals surface area contributed by atoms with Crippen LogP contribution in [0.25, 0.3) is 11.3 Å². The van der Waals surface area contributed by atoms with E-state index in [0.29, 0.717) is 6.42 Å². The van der Waals surface area contributed by atoms with Gasteiger partial charge in [-0.1, -0.05) is 18.2 Å². The van der Waals surface area contributed by atoms with Gasteiger partial charge in [0.1, 0.15) is 12.1 Å². The number of benzene rings is 2. The van der Waals surface area contributed by atoms with Crippen LogP contribution < -0.4 is 9.47 Å². The van der Waals surface area contributed by atoms with E-state index in [1.165, 1.54) is 19.5 Å². The van der Waals surface area contributed by atoms with Crippen LogP contribution >= 0.6 is 0 Å². The SMILES string of the molecule is COc1ccc(Cc2cc(-c3ccccc3OC(C)C)ncn2)cc1[N+](=O)[O-]. The maximum atomic E-state index is 11.2. The highest BCUT2D eigenvalue weighted by molar-refractivity contribution is 5.67. The summed E-state index contributed by atoms with van der Waals surface area (Å²) in [5.74, 6) is 0.985. The molecule has 0 unspecified atom stereocenters. The Balaban J connectivity index is 1.91. The summed E-state index contributed by atoms with van der Waals surface area (Å²) >= 11 is 0. The third-order valence-electron chi connectivity index (χ3n) is 4.07. The molecule has 144 valence electrons. The molecule has 0 N–H and O–H groups in total. The van der Waals surface area contributed by atoms with Crippen molar-refractivity contribution in [2.45, 2.75) is 26.4 Å². The molecule has 3 aromatic rings. The molecule has 2 aromatic carbocycles. The third kappa shape index (κ3) is 4.43.